The molecule has 1 rings (SSSR count). The second kappa shape index (κ2) is 5.03. The summed E-state index contributed by atoms with van der Waals surface area (Å²) in [6.07, 6.45) is 3.70. The van der Waals surface area contributed by atoms with Gasteiger partial charge in [0.15, 0.2) is 0 Å². The minimum atomic E-state index is 1.16. The van der Waals surface area contributed by atoms with E-state index in [0.717, 1.165) is 8.95 Å². The van der Waals surface area contributed by atoms with Gasteiger partial charge >= 0.3 is 0 Å². The molecule has 0 nitrogen and oxygen atoms in total. The van der Waals surface area contributed by atoms with Gasteiger partial charge in [-0.3, -0.25) is 0 Å². The summed E-state index contributed by atoms with van der Waals surface area (Å²) in [6, 6.07) is 6.43. The van der Waals surface area contributed by atoms with Crippen LogP contribution in [0.25, 0.3) is 0 Å². The van der Waals surface area contributed by atoms with E-state index in [1.54, 1.807) is 0 Å². The lowest BCUT2D eigenvalue weighted by Crippen LogP contribution is -1.84. The molecule has 0 amide bonds. The molecule has 0 heterocycles. The van der Waals surface area contributed by atoms with E-state index in [9.17, 15) is 0 Å². The van der Waals surface area contributed by atoms with Crippen molar-refractivity contribution in [2.24, 2.45) is 0 Å². The highest BCUT2D eigenvalue weighted by Crippen LogP contribution is 2.21. The van der Waals surface area contributed by atoms with Gasteiger partial charge in [-0.05, 0) is 36.6 Å². The number of halogens is 2. The van der Waals surface area contributed by atoms with Crippen LogP contribution >= 0.6 is 31.9 Å². The summed E-state index contributed by atoms with van der Waals surface area (Å²) in [7, 11) is 0. The van der Waals surface area contributed by atoms with Gasteiger partial charge in [0, 0.05) is 8.95 Å². The Morgan fingerprint density at radius 3 is 2.17 bits per heavy atom. The molecule has 1 aromatic carbocycles. The summed E-state index contributed by atoms with van der Waals surface area (Å²) in [5, 5.41) is 0. The highest BCUT2D eigenvalue weighted by molar-refractivity contribution is 9.11. The van der Waals surface area contributed by atoms with Crippen molar-refractivity contribution < 1.29 is 0 Å². The maximum Gasteiger partial charge on any atom is 0.0189 e. The highest BCUT2D eigenvalue weighted by Gasteiger charge is 1.96. The van der Waals surface area contributed by atoms with Gasteiger partial charge in [-0.15, -0.1) is 0 Å². The molecule has 0 aliphatic heterocycles. The van der Waals surface area contributed by atoms with Crippen molar-refractivity contribution in [3.63, 3.8) is 0 Å². The predicted molar refractivity (Wildman–Crippen MR) is 60.5 cm³/mol. The van der Waals surface area contributed by atoms with Crippen molar-refractivity contribution in [1.82, 2.24) is 0 Å². The first-order valence-electron chi connectivity index (χ1n) is 4.17. The second-order valence-electron chi connectivity index (χ2n) is 2.88. The van der Waals surface area contributed by atoms with Crippen LogP contribution in [0.15, 0.2) is 27.1 Å². The molecule has 1 aromatic rings. The van der Waals surface area contributed by atoms with Crippen LogP contribution in [0, 0.1) is 0 Å². The molecule has 0 saturated heterocycles. The fourth-order valence-electron chi connectivity index (χ4n) is 1.14. The number of unbranched alkanes of at least 4 members (excludes halogenated alkanes) is 1. The molecule has 0 aliphatic carbocycles. The summed E-state index contributed by atoms with van der Waals surface area (Å²) >= 11 is 6.95. The molecule has 0 aromatic heterocycles. The molecule has 0 fully saturated rings. The molecule has 0 bridgehead atoms. The number of hydrogen-bond acceptors (Lipinski definition) is 0. The topological polar surface area (TPSA) is 0 Å². The van der Waals surface area contributed by atoms with E-state index in [1.165, 1.54) is 24.8 Å². The van der Waals surface area contributed by atoms with E-state index >= 15 is 0 Å². The van der Waals surface area contributed by atoms with Gasteiger partial charge < -0.3 is 0 Å². The van der Waals surface area contributed by atoms with Crippen LogP contribution in [0.3, 0.4) is 0 Å². The zero-order chi connectivity index (χ0) is 8.97. The van der Waals surface area contributed by atoms with E-state index in [4.69, 9.17) is 0 Å². The van der Waals surface area contributed by atoms with E-state index in [2.05, 4.69) is 57.0 Å². The molecular weight excluding hydrogens is 280 g/mol. The van der Waals surface area contributed by atoms with E-state index in [-0.39, 0.29) is 0 Å². The number of benzene rings is 1. The molecule has 0 saturated carbocycles. The lowest BCUT2D eigenvalue weighted by molar-refractivity contribution is 0.794. The molecule has 0 radical (unpaired) electrons. The number of rotatable bonds is 3. The standard InChI is InChI=1S/C10H12Br2/c1-2-3-4-8-5-9(11)7-10(12)6-8/h5-7H,2-4H2,1H3. The third kappa shape index (κ3) is 3.28. The number of aryl methyl sites for hydroxylation is 1. The monoisotopic (exact) mass is 290 g/mol. The first-order chi connectivity index (χ1) is 5.72. The van der Waals surface area contributed by atoms with Crippen molar-refractivity contribution in [3.05, 3.63) is 32.7 Å². The van der Waals surface area contributed by atoms with Crippen LogP contribution in [0.5, 0.6) is 0 Å². The largest absolute Gasteiger partial charge is 0.0654 e. The average molecular weight is 292 g/mol. The fraction of sp³-hybridized carbons (Fsp3) is 0.400. The SMILES string of the molecule is CCCCc1cc(Br)cc(Br)c1. The Labute approximate surface area is 90.6 Å². The van der Waals surface area contributed by atoms with Gasteiger partial charge in [-0.25, -0.2) is 0 Å². The van der Waals surface area contributed by atoms with Gasteiger partial charge in [0.2, 0.25) is 0 Å². The smallest absolute Gasteiger partial charge is 0.0189 e. The molecule has 0 spiro atoms. The minimum Gasteiger partial charge on any atom is -0.0654 e. The van der Waals surface area contributed by atoms with Gasteiger partial charge in [0.05, 0.1) is 0 Å². The van der Waals surface area contributed by atoms with Crippen molar-refractivity contribution in [2.45, 2.75) is 26.2 Å². The van der Waals surface area contributed by atoms with E-state index < -0.39 is 0 Å². The fourth-order valence-corrected chi connectivity index (χ4v) is 2.52. The first kappa shape index (κ1) is 10.3. The predicted octanol–water partition coefficient (Wildman–Crippen LogP) is 4.55. The van der Waals surface area contributed by atoms with Crippen molar-refractivity contribution in [3.8, 4) is 0 Å². The van der Waals surface area contributed by atoms with Crippen molar-refractivity contribution in [2.75, 3.05) is 0 Å². The summed E-state index contributed by atoms with van der Waals surface area (Å²) in [4.78, 5) is 0. The van der Waals surface area contributed by atoms with E-state index in [1.807, 2.05) is 0 Å². The Hall–Kier alpha value is 0.180. The molecular formula is C10H12Br2. The molecule has 0 atom stereocenters. The Balaban J connectivity index is 2.72. The van der Waals surface area contributed by atoms with Crippen LogP contribution in [0.2, 0.25) is 0 Å². The third-order valence-corrected chi connectivity index (χ3v) is 2.66. The lowest BCUT2D eigenvalue weighted by atomic mass is 10.1. The average Bonchev–Trinajstić information content (AvgIpc) is 1.99. The van der Waals surface area contributed by atoms with E-state index in [0.29, 0.717) is 0 Å². The maximum atomic E-state index is 3.47. The Kier molecular flexibility index (Phi) is 4.30. The molecule has 0 unspecified atom stereocenters. The van der Waals surface area contributed by atoms with Gasteiger partial charge in [0.1, 0.15) is 0 Å². The van der Waals surface area contributed by atoms with Crippen molar-refractivity contribution >= 4 is 31.9 Å². The molecule has 66 valence electrons. The third-order valence-electron chi connectivity index (χ3n) is 1.74. The summed E-state index contributed by atoms with van der Waals surface area (Å²) in [5.41, 5.74) is 1.40. The summed E-state index contributed by atoms with van der Waals surface area (Å²) in [5.74, 6) is 0. The lowest BCUT2D eigenvalue weighted by Gasteiger charge is -2.01. The highest BCUT2D eigenvalue weighted by atomic mass is 79.9. The van der Waals surface area contributed by atoms with Gasteiger partial charge in [-0.1, -0.05) is 45.2 Å². The molecule has 2 heteroatoms. The normalized spacial score (nSPS) is 10.2. The minimum absolute atomic E-state index is 1.16. The molecule has 0 N–H and O–H groups in total. The van der Waals surface area contributed by atoms with Crippen LogP contribution in [0.4, 0.5) is 0 Å². The van der Waals surface area contributed by atoms with Crippen LogP contribution in [-0.2, 0) is 6.42 Å². The molecule has 12 heavy (non-hydrogen) atoms. The summed E-state index contributed by atoms with van der Waals surface area (Å²) < 4.78 is 2.31. The van der Waals surface area contributed by atoms with Gasteiger partial charge in [0.25, 0.3) is 0 Å². The maximum absolute atomic E-state index is 3.47. The van der Waals surface area contributed by atoms with Crippen LogP contribution < -0.4 is 0 Å². The quantitative estimate of drug-likeness (QED) is 0.766. The van der Waals surface area contributed by atoms with Crippen LogP contribution in [-0.4, -0.2) is 0 Å². The number of hydrogen-bond donors (Lipinski definition) is 0. The van der Waals surface area contributed by atoms with Crippen LogP contribution in [0.1, 0.15) is 25.3 Å². The summed E-state index contributed by atoms with van der Waals surface area (Å²) in [6.45, 7) is 2.22. The Morgan fingerprint density at radius 2 is 1.67 bits per heavy atom. The Morgan fingerprint density at radius 1 is 1.08 bits per heavy atom. The zero-order valence-corrected chi connectivity index (χ0v) is 10.3. The first-order valence-corrected chi connectivity index (χ1v) is 5.76. The Bertz CT molecular complexity index is 236. The second-order valence-corrected chi connectivity index (χ2v) is 4.71. The zero-order valence-electron chi connectivity index (χ0n) is 7.11. The van der Waals surface area contributed by atoms with Gasteiger partial charge in [-0.2, -0.15) is 0 Å². The van der Waals surface area contributed by atoms with Crippen molar-refractivity contribution in [1.29, 1.82) is 0 Å². The molecule has 0 aliphatic rings.